The molecule has 0 radical (unpaired) electrons. The molecule has 13 heavy (non-hydrogen) atoms. The second kappa shape index (κ2) is 3.61. The van der Waals surface area contributed by atoms with Crippen molar-refractivity contribution in [2.24, 2.45) is 0 Å². The van der Waals surface area contributed by atoms with Crippen LogP contribution in [-0.2, 0) is 9.30 Å². The molecule has 1 fully saturated rings. The molecule has 0 aromatic rings. The highest BCUT2D eigenvalue weighted by Crippen LogP contribution is 2.55. The van der Waals surface area contributed by atoms with E-state index in [1.54, 1.807) is 0 Å². The van der Waals surface area contributed by atoms with Crippen molar-refractivity contribution in [1.82, 2.24) is 0 Å². The Labute approximate surface area is 75.5 Å². The third-order valence-corrected chi connectivity index (χ3v) is 2.83. The van der Waals surface area contributed by atoms with Gasteiger partial charge in [0.2, 0.25) is 0 Å². The highest BCUT2D eigenvalue weighted by molar-refractivity contribution is 7.53. The molecule has 0 aromatic heterocycles. The molecule has 2 N–H and O–H groups in total. The minimum Gasteiger partial charge on any atom is -0.378 e. The fourth-order valence-electron chi connectivity index (χ4n) is 1.07. The van der Waals surface area contributed by atoms with Gasteiger partial charge in [-0.3, -0.25) is 4.57 Å². The van der Waals surface area contributed by atoms with Gasteiger partial charge in [0.1, 0.15) is 0 Å². The molecule has 78 valence electrons. The van der Waals surface area contributed by atoms with Gasteiger partial charge in [0.15, 0.2) is 0 Å². The maximum Gasteiger partial charge on any atom is 0.394 e. The van der Waals surface area contributed by atoms with Crippen LogP contribution in [-0.4, -0.2) is 28.1 Å². The van der Waals surface area contributed by atoms with Crippen molar-refractivity contribution in [1.29, 1.82) is 0 Å². The highest BCUT2D eigenvalue weighted by atomic mass is 31.2. The number of hydrogen-bond acceptors (Lipinski definition) is 2. The summed E-state index contributed by atoms with van der Waals surface area (Å²) in [5.41, 5.74) is -4.05. The summed E-state index contributed by atoms with van der Waals surface area (Å²) < 4.78 is 47.8. The summed E-state index contributed by atoms with van der Waals surface area (Å²) in [7, 11) is -5.42. The summed E-state index contributed by atoms with van der Waals surface area (Å²) >= 11 is 0. The van der Waals surface area contributed by atoms with Crippen LogP contribution in [0.25, 0.3) is 0 Å². The van der Waals surface area contributed by atoms with Crippen LogP contribution in [0.4, 0.5) is 8.78 Å². The molecule has 0 aromatic carbocycles. The third kappa shape index (κ3) is 2.71. The standard InChI is InChI=1S/C6H11F2O4P/c7-6(8,13(9,10)11)4-5-2-1-3-12-5/h5H,1-4H2,(H2,9,10,11)/i3T. The molecule has 0 saturated carbocycles. The van der Waals surface area contributed by atoms with Crippen LogP contribution < -0.4 is 0 Å². The van der Waals surface area contributed by atoms with Crippen molar-refractivity contribution in [2.75, 3.05) is 6.58 Å². The molecule has 1 aliphatic rings. The van der Waals surface area contributed by atoms with E-state index in [4.69, 9.17) is 15.9 Å². The first-order chi connectivity index (χ1) is 6.22. The molecule has 1 rings (SSSR count). The normalized spacial score (nSPS) is 31.8. The van der Waals surface area contributed by atoms with Gasteiger partial charge in [0.25, 0.3) is 0 Å². The lowest BCUT2D eigenvalue weighted by atomic mass is 10.2. The van der Waals surface area contributed by atoms with Crippen LogP contribution in [0.2, 0.25) is 0 Å². The zero-order valence-corrected chi connectivity index (χ0v) is 7.58. The van der Waals surface area contributed by atoms with Crippen LogP contribution in [0.3, 0.4) is 0 Å². The van der Waals surface area contributed by atoms with Crippen LogP contribution in [0, 0.1) is 0 Å². The van der Waals surface area contributed by atoms with Gasteiger partial charge in [0, 0.05) is 13.0 Å². The molecule has 0 bridgehead atoms. The fourth-order valence-corrected chi connectivity index (χ4v) is 1.51. The van der Waals surface area contributed by atoms with Gasteiger partial charge in [-0.1, -0.05) is 0 Å². The summed E-state index contributed by atoms with van der Waals surface area (Å²) in [6.45, 7) is -0.854. The van der Waals surface area contributed by atoms with E-state index >= 15 is 0 Å². The lowest BCUT2D eigenvalue weighted by Gasteiger charge is -2.20. The second-order valence-electron chi connectivity index (χ2n) is 2.92. The molecule has 7 heteroatoms. The number of hydrogen-bond donors (Lipinski definition) is 2. The van der Waals surface area contributed by atoms with E-state index in [-0.39, 0.29) is 6.42 Å². The van der Waals surface area contributed by atoms with Crippen molar-refractivity contribution in [3.05, 3.63) is 0 Å². The van der Waals surface area contributed by atoms with E-state index in [0.29, 0.717) is 6.42 Å². The molecular formula is C6H11F2O4P. The van der Waals surface area contributed by atoms with Crippen molar-refractivity contribution in [3.8, 4) is 0 Å². The van der Waals surface area contributed by atoms with Gasteiger partial charge in [-0.05, 0) is 12.8 Å². The average Bonchev–Trinajstić information content (AvgIpc) is 2.31. The Hall–Kier alpha value is -0.0300. The maximum atomic E-state index is 12.8. The van der Waals surface area contributed by atoms with Gasteiger partial charge in [-0.15, -0.1) is 0 Å². The van der Waals surface area contributed by atoms with E-state index in [2.05, 4.69) is 0 Å². The monoisotopic (exact) mass is 218 g/mol. The first-order valence-electron chi connectivity index (χ1n) is 4.31. The van der Waals surface area contributed by atoms with Crippen molar-refractivity contribution < 1.29 is 29.2 Å². The average molecular weight is 218 g/mol. The van der Waals surface area contributed by atoms with Crippen LogP contribution in [0.5, 0.6) is 0 Å². The minimum atomic E-state index is -5.42. The Morgan fingerprint density at radius 1 is 1.69 bits per heavy atom. The van der Waals surface area contributed by atoms with Crippen molar-refractivity contribution in [2.45, 2.75) is 31.0 Å². The molecule has 4 nitrogen and oxygen atoms in total. The first kappa shape index (κ1) is 9.52. The molecule has 0 spiro atoms. The molecule has 2 unspecified atom stereocenters. The minimum absolute atomic E-state index is 0.240. The molecule has 1 aliphatic heterocycles. The zero-order valence-electron chi connectivity index (χ0n) is 7.69. The Balaban J connectivity index is 2.56. The lowest BCUT2D eigenvalue weighted by Crippen LogP contribution is -2.23. The number of ether oxygens (including phenoxy) is 1. The van der Waals surface area contributed by atoms with Crippen molar-refractivity contribution in [3.63, 3.8) is 0 Å². The predicted molar refractivity (Wildman–Crippen MR) is 40.6 cm³/mol. The summed E-state index contributed by atoms with van der Waals surface area (Å²) in [6.07, 6.45) is -1.39. The van der Waals surface area contributed by atoms with E-state index in [9.17, 15) is 13.3 Å². The predicted octanol–water partition coefficient (Wildman–Crippen LogP) is 1.33. The van der Waals surface area contributed by atoms with Gasteiger partial charge in [0.05, 0.1) is 7.47 Å². The topological polar surface area (TPSA) is 66.8 Å². The Morgan fingerprint density at radius 3 is 2.69 bits per heavy atom. The van der Waals surface area contributed by atoms with Gasteiger partial charge in [-0.25, -0.2) is 0 Å². The summed E-state index contributed by atoms with van der Waals surface area (Å²) in [4.78, 5) is 16.7. The van der Waals surface area contributed by atoms with E-state index in [1.165, 1.54) is 0 Å². The first-order valence-corrected chi connectivity index (χ1v) is 5.35. The Kier molecular flexibility index (Phi) is 2.65. The van der Waals surface area contributed by atoms with Crippen LogP contribution >= 0.6 is 7.60 Å². The van der Waals surface area contributed by atoms with Gasteiger partial charge < -0.3 is 14.5 Å². The number of halogens is 2. The summed E-state index contributed by atoms with van der Waals surface area (Å²) in [5.74, 6) is 0. The number of rotatable bonds is 3. The highest BCUT2D eigenvalue weighted by Gasteiger charge is 2.50. The molecule has 0 aliphatic carbocycles. The summed E-state index contributed by atoms with van der Waals surface area (Å²) in [6, 6.07) is 0. The quantitative estimate of drug-likeness (QED) is 0.701. The number of alkyl halides is 2. The van der Waals surface area contributed by atoms with E-state index in [1.807, 2.05) is 0 Å². The smallest absolute Gasteiger partial charge is 0.378 e. The summed E-state index contributed by atoms with van der Waals surface area (Å²) in [5, 5.41) is 0. The molecular weight excluding hydrogens is 205 g/mol. The largest absolute Gasteiger partial charge is 0.394 e. The van der Waals surface area contributed by atoms with Gasteiger partial charge >= 0.3 is 13.3 Å². The molecule has 1 saturated heterocycles. The van der Waals surface area contributed by atoms with Crippen LogP contribution in [0.15, 0.2) is 0 Å². The van der Waals surface area contributed by atoms with Crippen molar-refractivity contribution >= 4 is 7.60 Å². The second-order valence-corrected chi connectivity index (χ2v) is 4.66. The Bertz CT molecular complexity index is 256. The SMILES string of the molecule is [3H]C1CCC(CC(F)(F)P(=O)(O)O)O1. The molecule has 1 heterocycles. The third-order valence-electron chi connectivity index (χ3n) is 1.79. The lowest BCUT2D eigenvalue weighted by molar-refractivity contribution is -0.00565. The fraction of sp³-hybridized carbons (Fsp3) is 1.00. The molecule has 0 amide bonds. The maximum absolute atomic E-state index is 12.8. The Morgan fingerprint density at radius 2 is 2.31 bits per heavy atom. The van der Waals surface area contributed by atoms with E-state index in [0.717, 1.165) is 0 Å². The molecule has 2 atom stereocenters. The van der Waals surface area contributed by atoms with Crippen LogP contribution in [0.1, 0.15) is 20.6 Å². The zero-order chi connectivity index (χ0) is 11.0. The van der Waals surface area contributed by atoms with E-state index < -0.39 is 32.4 Å². The van der Waals surface area contributed by atoms with Gasteiger partial charge in [-0.2, -0.15) is 8.78 Å².